The third-order valence-electron chi connectivity index (χ3n) is 3.67. The predicted molar refractivity (Wildman–Crippen MR) is 89.9 cm³/mol. The van der Waals surface area contributed by atoms with E-state index in [9.17, 15) is 23.1 Å². The van der Waals surface area contributed by atoms with E-state index in [0.29, 0.717) is 22.6 Å². The molecule has 0 bridgehead atoms. The lowest BCUT2D eigenvalue weighted by Gasteiger charge is -2.20. The average Bonchev–Trinajstić information content (AvgIpc) is 2.61. The summed E-state index contributed by atoms with van der Waals surface area (Å²) in [4.78, 5) is 11.7. The number of benzene rings is 2. The first-order chi connectivity index (χ1) is 12.7. The summed E-state index contributed by atoms with van der Waals surface area (Å²) < 4.78 is 50.8. The highest BCUT2D eigenvalue weighted by molar-refractivity contribution is 5.78. The molecule has 0 aliphatic heterocycles. The van der Waals surface area contributed by atoms with Crippen molar-refractivity contribution in [2.24, 2.45) is 0 Å². The lowest BCUT2D eigenvalue weighted by atomic mass is 10.0. The van der Waals surface area contributed by atoms with E-state index < -0.39 is 18.4 Å². The van der Waals surface area contributed by atoms with E-state index in [4.69, 9.17) is 9.47 Å². The highest BCUT2D eigenvalue weighted by atomic mass is 19.4. The lowest BCUT2D eigenvalue weighted by molar-refractivity contribution is -0.274. The standard InChI is InChI=1S/C18H18F3NO5/c1-25-13-4-3-5-14(26-2)15(13)16(17(23)24)22-10-11-6-8-12(9-7-11)27-18(19,20)21/h3-9,16,22H,10H2,1-2H3,(H,23,24). The van der Waals surface area contributed by atoms with Gasteiger partial charge in [-0.25, -0.2) is 0 Å². The zero-order valence-corrected chi connectivity index (χ0v) is 14.5. The lowest BCUT2D eigenvalue weighted by Crippen LogP contribution is -2.29. The topological polar surface area (TPSA) is 77.0 Å². The largest absolute Gasteiger partial charge is 0.573 e. The van der Waals surface area contributed by atoms with Crippen LogP contribution in [0.25, 0.3) is 0 Å². The van der Waals surface area contributed by atoms with Crippen LogP contribution < -0.4 is 19.5 Å². The van der Waals surface area contributed by atoms with E-state index in [1.807, 2.05) is 0 Å². The molecular weight excluding hydrogens is 367 g/mol. The molecule has 2 aromatic rings. The molecule has 2 rings (SSSR count). The SMILES string of the molecule is COc1cccc(OC)c1C(NCc1ccc(OC(F)(F)F)cc1)C(=O)O. The van der Waals surface area contributed by atoms with Crippen LogP contribution in [0.1, 0.15) is 17.2 Å². The number of ether oxygens (including phenoxy) is 3. The van der Waals surface area contributed by atoms with Crippen LogP contribution in [-0.4, -0.2) is 31.7 Å². The molecule has 1 atom stereocenters. The van der Waals surface area contributed by atoms with Gasteiger partial charge in [0.05, 0.1) is 19.8 Å². The molecule has 9 heteroatoms. The van der Waals surface area contributed by atoms with E-state index in [1.165, 1.54) is 26.4 Å². The minimum absolute atomic E-state index is 0.0878. The summed E-state index contributed by atoms with van der Waals surface area (Å²) >= 11 is 0. The van der Waals surface area contributed by atoms with Crippen LogP contribution in [0.2, 0.25) is 0 Å². The van der Waals surface area contributed by atoms with Crippen LogP contribution in [0.3, 0.4) is 0 Å². The fourth-order valence-electron chi connectivity index (χ4n) is 2.51. The molecule has 0 aliphatic carbocycles. The van der Waals surface area contributed by atoms with Crippen molar-refractivity contribution in [1.82, 2.24) is 5.32 Å². The van der Waals surface area contributed by atoms with E-state index in [-0.39, 0.29) is 12.3 Å². The summed E-state index contributed by atoms with van der Waals surface area (Å²) in [7, 11) is 2.83. The Morgan fingerprint density at radius 2 is 1.63 bits per heavy atom. The number of carbonyl (C=O) groups is 1. The van der Waals surface area contributed by atoms with Crippen molar-refractivity contribution in [3.05, 3.63) is 53.6 Å². The minimum Gasteiger partial charge on any atom is -0.496 e. The highest BCUT2D eigenvalue weighted by Crippen LogP contribution is 2.34. The predicted octanol–water partition coefficient (Wildman–Crippen LogP) is 3.52. The number of methoxy groups -OCH3 is 2. The Hall–Kier alpha value is -2.94. The summed E-state index contributed by atoms with van der Waals surface area (Å²) in [5, 5.41) is 12.4. The number of hydrogen-bond acceptors (Lipinski definition) is 5. The Labute approximate surface area is 153 Å². The zero-order chi connectivity index (χ0) is 20.0. The summed E-state index contributed by atoms with van der Waals surface area (Å²) in [6, 6.07) is 8.87. The van der Waals surface area contributed by atoms with Crippen LogP contribution in [0.4, 0.5) is 13.2 Å². The number of carboxylic acid groups (broad SMARTS) is 1. The average molecular weight is 385 g/mol. The van der Waals surface area contributed by atoms with Gasteiger partial charge in [0.2, 0.25) is 0 Å². The molecule has 0 amide bonds. The van der Waals surface area contributed by atoms with Gasteiger partial charge in [-0.1, -0.05) is 18.2 Å². The van der Waals surface area contributed by atoms with Crippen molar-refractivity contribution in [2.45, 2.75) is 18.9 Å². The summed E-state index contributed by atoms with van der Waals surface area (Å²) in [5.41, 5.74) is 0.886. The second-order valence-electron chi connectivity index (χ2n) is 5.42. The minimum atomic E-state index is -4.77. The normalized spacial score (nSPS) is 12.3. The quantitative estimate of drug-likeness (QED) is 0.724. The fraction of sp³-hybridized carbons (Fsp3) is 0.278. The molecule has 2 N–H and O–H groups in total. The van der Waals surface area contributed by atoms with Crippen LogP contribution in [-0.2, 0) is 11.3 Å². The smallest absolute Gasteiger partial charge is 0.496 e. The molecule has 0 saturated carbocycles. The molecular formula is C18H18F3NO5. The van der Waals surface area contributed by atoms with Crippen LogP contribution in [0.15, 0.2) is 42.5 Å². The zero-order valence-electron chi connectivity index (χ0n) is 14.5. The second kappa shape index (κ2) is 8.63. The van der Waals surface area contributed by atoms with E-state index in [0.717, 1.165) is 12.1 Å². The molecule has 0 spiro atoms. The van der Waals surface area contributed by atoms with Crippen molar-refractivity contribution in [1.29, 1.82) is 0 Å². The Morgan fingerprint density at radius 3 is 2.07 bits per heavy atom. The third kappa shape index (κ3) is 5.52. The summed E-state index contributed by atoms with van der Waals surface area (Å²) in [6.07, 6.45) is -4.77. The molecule has 0 aliphatic rings. The van der Waals surface area contributed by atoms with Crippen molar-refractivity contribution in [2.75, 3.05) is 14.2 Å². The maximum Gasteiger partial charge on any atom is 0.573 e. The van der Waals surface area contributed by atoms with Crippen molar-refractivity contribution in [3.63, 3.8) is 0 Å². The molecule has 1 unspecified atom stereocenters. The van der Waals surface area contributed by atoms with Gasteiger partial charge in [0, 0.05) is 6.54 Å². The van der Waals surface area contributed by atoms with Crippen LogP contribution in [0, 0.1) is 0 Å². The number of alkyl halides is 3. The number of halogens is 3. The third-order valence-corrected chi connectivity index (χ3v) is 3.67. The summed E-state index contributed by atoms with van der Waals surface area (Å²) in [5.74, 6) is -0.839. The van der Waals surface area contributed by atoms with Crippen molar-refractivity contribution >= 4 is 5.97 Å². The van der Waals surface area contributed by atoms with Gasteiger partial charge in [-0.3, -0.25) is 10.1 Å². The molecule has 27 heavy (non-hydrogen) atoms. The van der Waals surface area contributed by atoms with E-state index >= 15 is 0 Å². The van der Waals surface area contributed by atoms with Gasteiger partial charge in [0.1, 0.15) is 23.3 Å². The molecule has 0 radical (unpaired) electrons. The Kier molecular flexibility index (Phi) is 6.51. The molecule has 6 nitrogen and oxygen atoms in total. The number of carboxylic acids is 1. The van der Waals surface area contributed by atoms with Crippen molar-refractivity contribution < 1.29 is 37.3 Å². The number of hydrogen-bond donors (Lipinski definition) is 2. The molecule has 0 aromatic heterocycles. The Morgan fingerprint density at radius 1 is 1.07 bits per heavy atom. The number of aliphatic carboxylic acids is 1. The van der Waals surface area contributed by atoms with Gasteiger partial charge in [-0.2, -0.15) is 0 Å². The van der Waals surface area contributed by atoms with Crippen LogP contribution in [0.5, 0.6) is 17.2 Å². The van der Waals surface area contributed by atoms with Gasteiger partial charge in [0.15, 0.2) is 0 Å². The van der Waals surface area contributed by atoms with Crippen LogP contribution >= 0.6 is 0 Å². The van der Waals surface area contributed by atoms with E-state index in [1.54, 1.807) is 18.2 Å². The summed E-state index contributed by atoms with van der Waals surface area (Å²) in [6.45, 7) is 0.0878. The number of nitrogens with one attached hydrogen (secondary N) is 1. The highest BCUT2D eigenvalue weighted by Gasteiger charge is 2.31. The van der Waals surface area contributed by atoms with Gasteiger partial charge in [-0.05, 0) is 29.8 Å². The molecule has 0 saturated heterocycles. The second-order valence-corrected chi connectivity index (χ2v) is 5.42. The first kappa shape index (κ1) is 20.4. The Balaban J connectivity index is 2.18. The fourth-order valence-corrected chi connectivity index (χ4v) is 2.51. The maximum absolute atomic E-state index is 12.2. The van der Waals surface area contributed by atoms with E-state index in [2.05, 4.69) is 10.1 Å². The van der Waals surface area contributed by atoms with Gasteiger partial charge < -0.3 is 19.3 Å². The number of rotatable bonds is 8. The molecule has 0 fully saturated rings. The monoisotopic (exact) mass is 385 g/mol. The Bertz CT molecular complexity index is 755. The van der Waals surface area contributed by atoms with Gasteiger partial charge in [0.25, 0.3) is 0 Å². The molecule has 0 heterocycles. The first-order valence-electron chi connectivity index (χ1n) is 7.77. The van der Waals surface area contributed by atoms with Crippen molar-refractivity contribution in [3.8, 4) is 17.2 Å². The molecule has 146 valence electrons. The van der Waals surface area contributed by atoms with Gasteiger partial charge in [-0.15, -0.1) is 13.2 Å². The van der Waals surface area contributed by atoms with Gasteiger partial charge >= 0.3 is 12.3 Å². The molecule has 2 aromatic carbocycles. The first-order valence-corrected chi connectivity index (χ1v) is 7.77. The maximum atomic E-state index is 12.2.